The van der Waals surface area contributed by atoms with Gasteiger partial charge in [0.2, 0.25) is 0 Å². The number of pyridine rings is 1. The van der Waals surface area contributed by atoms with Crippen LogP contribution in [-0.2, 0) is 0 Å². The minimum absolute atomic E-state index is 0.297. The topological polar surface area (TPSA) is 42.0 Å². The fourth-order valence-corrected chi connectivity index (χ4v) is 1.98. The van der Waals surface area contributed by atoms with Gasteiger partial charge in [-0.3, -0.25) is 4.79 Å². The number of carbonyl (C=O) groups excluding carboxylic acids is 1. The van der Waals surface area contributed by atoms with E-state index in [-0.39, 0.29) is 5.91 Å². The molecule has 0 spiro atoms. The monoisotopic (exact) mass is 392 g/mol. The maximum Gasteiger partial charge on any atom is 0.256 e. The second kappa shape index (κ2) is 5.86. The molecule has 18 heavy (non-hydrogen) atoms. The second-order valence-electron chi connectivity index (χ2n) is 3.42. The molecule has 1 amide bonds. The highest BCUT2D eigenvalue weighted by Gasteiger charge is 2.10. The van der Waals surface area contributed by atoms with Crippen molar-refractivity contribution in [2.45, 2.75) is 0 Å². The van der Waals surface area contributed by atoms with Gasteiger partial charge in [0.1, 0.15) is 0 Å². The normalized spacial score (nSPS) is 10.2. The number of nitrogens with one attached hydrogen (secondary N) is 1. The highest BCUT2D eigenvalue weighted by molar-refractivity contribution is 14.1. The van der Waals surface area contributed by atoms with Gasteiger partial charge < -0.3 is 5.32 Å². The third-order valence-corrected chi connectivity index (χ3v) is 4.05. The van der Waals surface area contributed by atoms with Crippen LogP contribution in [0.25, 0.3) is 0 Å². The van der Waals surface area contributed by atoms with Gasteiger partial charge in [0, 0.05) is 15.3 Å². The fraction of sp³-hybridized carbons (Fsp3) is 0. The first kappa shape index (κ1) is 13.6. The van der Waals surface area contributed by atoms with Crippen LogP contribution in [0, 0.1) is 3.57 Å². The smallest absolute Gasteiger partial charge is 0.256 e. The predicted octanol–water partition coefficient (Wildman–Crippen LogP) is 4.25. The predicted molar refractivity (Wildman–Crippen MR) is 81.4 cm³/mol. The molecule has 1 aromatic carbocycles. The molecular formula is C12H7Cl2IN2O. The van der Waals surface area contributed by atoms with Crippen LogP contribution >= 0.6 is 45.8 Å². The van der Waals surface area contributed by atoms with Gasteiger partial charge in [-0.05, 0) is 52.9 Å². The number of anilines is 1. The molecule has 0 aliphatic rings. The summed E-state index contributed by atoms with van der Waals surface area (Å²) >= 11 is 14.0. The maximum absolute atomic E-state index is 12.0. The van der Waals surface area contributed by atoms with E-state index >= 15 is 0 Å². The van der Waals surface area contributed by atoms with Gasteiger partial charge in [0.15, 0.2) is 5.82 Å². The van der Waals surface area contributed by atoms with E-state index in [2.05, 4.69) is 32.9 Å². The lowest BCUT2D eigenvalue weighted by Gasteiger charge is -2.06. The zero-order chi connectivity index (χ0) is 13.1. The van der Waals surface area contributed by atoms with Crippen molar-refractivity contribution < 1.29 is 4.79 Å². The van der Waals surface area contributed by atoms with Crippen LogP contribution in [0.2, 0.25) is 10.0 Å². The van der Waals surface area contributed by atoms with E-state index in [4.69, 9.17) is 23.2 Å². The zero-order valence-corrected chi connectivity index (χ0v) is 12.6. The molecule has 0 aliphatic carbocycles. The summed E-state index contributed by atoms with van der Waals surface area (Å²) in [5.41, 5.74) is 0.460. The average Bonchev–Trinajstić information content (AvgIpc) is 2.35. The van der Waals surface area contributed by atoms with Crippen molar-refractivity contribution in [3.63, 3.8) is 0 Å². The molecule has 0 saturated carbocycles. The first-order valence-corrected chi connectivity index (χ1v) is 6.78. The quantitative estimate of drug-likeness (QED) is 0.776. The lowest BCUT2D eigenvalue weighted by molar-refractivity contribution is 0.102. The van der Waals surface area contributed by atoms with Gasteiger partial charge >= 0.3 is 0 Å². The molecule has 0 aliphatic heterocycles. The minimum atomic E-state index is -0.297. The number of carbonyl (C=O) groups is 1. The third-order valence-electron chi connectivity index (χ3n) is 2.17. The Balaban J connectivity index is 2.22. The standard InChI is InChI=1S/C12H7Cl2IN2O/c13-8-2-1-5-16-11(8)17-12(18)7-3-4-10(15)9(14)6-7/h1-6H,(H,16,17,18). The number of hydrogen-bond donors (Lipinski definition) is 1. The molecule has 0 radical (unpaired) electrons. The van der Waals surface area contributed by atoms with E-state index in [1.54, 1.807) is 36.5 Å². The average molecular weight is 393 g/mol. The van der Waals surface area contributed by atoms with E-state index in [9.17, 15) is 4.79 Å². The Bertz CT molecular complexity index is 604. The van der Waals surface area contributed by atoms with Gasteiger partial charge in [0.05, 0.1) is 10.0 Å². The van der Waals surface area contributed by atoms with Crippen LogP contribution in [0.3, 0.4) is 0 Å². The first-order chi connectivity index (χ1) is 8.58. The van der Waals surface area contributed by atoms with Crippen molar-refractivity contribution in [2.75, 3.05) is 5.32 Å². The van der Waals surface area contributed by atoms with Crippen molar-refractivity contribution in [1.82, 2.24) is 4.98 Å². The third kappa shape index (κ3) is 3.13. The molecule has 2 aromatic rings. The summed E-state index contributed by atoms with van der Waals surface area (Å²) in [5, 5.41) is 3.56. The number of halogens is 3. The highest BCUT2D eigenvalue weighted by atomic mass is 127. The van der Waals surface area contributed by atoms with Gasteiger partial charge in [-0.15, -0.1) is 0 Å². The molecule has 0 fully saturated rings. The van der Waals surface area contributed by atoms with Gasteiger partial charge in [-0.1, -0.05) is 23.2 Å². The zero-order valence-electron chi connectivity index (χ0n) is 8.95. The van der Waals surface area contributed by atoms with E-state index in [1.807, 2.05) is 0 Å². The van der Waals surface area contributed by atoms with Crippen LogP contribution in [-0.4, -0.2) is 10.9 Å². The maximum atomic E-state index is 12.0. The summed E-state index contributed by atoms with van der Waals surface area (Å²) in [5.74, 6) is 0.0349. The van der Waals surface area contributed by atoms with Crippen molar-refractivity contribution >= 4 is 57.5 Å². The molecule has 2 rings (SSSR count). The molecule has 1 heterocycles. The van der Waals surface area contributed by atoms with E-state index < -0.39 is 0 Å². The second-order valence-corrected chi connectivity index (χ2v) is 5.39. The SMILES string of the molecule is O=C(Nc1ncccc1Cl)c1ccc(I)c(Cl)c1. The van der Waals surface area contributed by atoms with Crippen molar-refractivity contribution in [2.24, 2.45) is 0 Å². The van der Waals surface area contributed by atoms with Crippen molar-refractivity contribution in [3.8, 4) is 0 Å². The molecule has 0 bridgehead atoms. The summed E-state index contributed by atoms with van der Waals surface area (Å²) < 4.78 is 0.890. The van der Waals surface area contributed by atoms with E-state index in [1.165, 1.54) is 0 Å². The number of rotatable bonds is 2. The summed E-state index contributed by atoms with van der Waals surface area (Å²) in [6.45, 7) is 0. The Morgan fingerprint density at radius 3 is 2.67 bits per heavy atom. The largest absolute Gasteiger partial charge is 0.305 e. The van der Waals surface area contributed by atoms with Crippen LogP contribution in [0.15, 0.2) is 36.5 Å². The highest BCUT2D eigenvalue weighted by Crippen LogP contribution is 2.21. The molecule has 6 heteroatoms. The summed E-state index contributed by atoms with van der Waals surface area (Å²) in [6, 6.07) is 8.43. The lowest BCUT2D eigenvalue weighted by Crippen LogP contribution is -2.13. The number of hydrogen-bond acceptors (Lipinski definition) is 2. The number of benzene rings is 1. The Morgan fingerprint density at radius 1 is 1.22 bits per heavy atom. The molecule has 92 valence electrons. The van der Waals surface area contributed by atoms with Crippen LogP contribution < -0.4 is 5.32 Å². The van der Waals surface area contributed by atoms with E-state index in [0.717, 1.165) is 3.57 Å². The molecule has 0 atom stereocenters. The Labute approximate surface area is 128 Å². The van der Waals surface area contributed by atoms with Gasteiger partial charge in [-0.2, -0.15) is 0 Å². The van der Waals surface area contributed by atoms with Crippen LogP contribution in [0.4, 0.5) is 5.82 Å². The fourth-order valence-electron chi connectivity index (χ4n) is 1.29. The molecule has 1 aromatic heterocycles. The number of aromatic nitrogens is 1. The molecule has 1 N–H and O–H groups in total. The van der Waals surface area contributed by atoms with Crippen LogP contribution in [0.5, 0.6) is 0 Å². The Hall–Kier alpha value is -0.850. The Morgan fingerprint density at radius 2 is 2.00 bits per heavy atom. The number of amides is 1. The summed E-state index contributed by atoms with van der Waals surface area (Å²) in [4.78, 5) is 15.9. The lowest BCUT2D eigenvalue weighted by atomic mass is 10.2. The van der Waals surface area contributed by atoms with Gasteiger partial charge in [-0.25, -0.2) is 4.98 Å². The molecular weight excluding hydrogens is 386 g/mol. The van der Waals surface area contributed by atoms with Crippen molar-refractivity contribution in [1.29, 1.82) is 0 Å². The van der Waals surface area contributed by atoms with Crippen LogP contribution in [0.1, 0.15) is 10.4 Å². The molecule has 0 saturated heterocycles. The van der Waals surface area contributed by atoms with Crippen molar-refractivity contribution in [3.05, 3.63) is 55.7 Å². The summed E-state index contributed by atoms with van der Waals surface area (Å²) in [6.07, 6.45) is 1.56. The number of nitrogens with zero attached hydrogens (tertiary/aromatic N) is 1. The van der Waals surface area contributed by atoms with E-state index in [0.29, 0.717) is 21.4 Å². The minimum Gasteiger partial charge on any atom is -0.305 e. The summed E-state index contributed by atoms with van der Waals surface area (Å²) in [7, 11) is 0. The first-order valence-electron chi connectivity index (χ1n) is 4.95. The Kier molecular flexibility index (Phi) is 4.42. The molecule has 0 unspecified atom stereocenters. The molecule has 3 nitrogen and oxygen atoms in total. The van der Waals surface area contributed by atoms with Gasteiger partial charge in [0.25, 0.3) is 5.91 Å².